The molecule has 2 aromatic heterocycles. The first kappa shape index (κ1) is 21.4. The highest BCUT2D eigenvalue weighted by atomic mass is 15.0. The Hall–Kier alpha value is -4.44. The predicted molar refractivity (Wildman–Crippen MR) is 146 cm³/mol. The number of para-hydroxylation sites is 1. The predicted octanol–water partition coefficient (Wildman–Crippen LogP) is 7.75. The maximum Gasteiger partial charge on any atom is 0.159 e. The van der Waals surface area contributed by atoms with Gasteiger partial charge in [0.1, 0.15) is 0 Å². The zero-order valence-corrected chi connectivity index (χ0v) is 19.4. The van der Waals surface area contributed by atoms with Crippen LogP contribution in [0.5, 0.6) is 0 Å². The van der Waals surface area contributed by atoms with Crippen LogP contribution < -0.4 is 0 Å². The Morgan fingerprint density at radius 1 is 0.971 bits per heavy atom. The Kier molecular flexibility index (Phi) is 5.56. The molecule has 0 aliphatic rings. The molecule has 3 aromatic carbocycles. The van der Waals surface area contributed by atoms with E-state index in [-0.39, 0.29) is 0 Å². The van der Waals surface area contributed by atoms with E-state index >= 15 is 0 Å². The summed E-state index contributed by atoms with van der Waals surface area (Å²) in [7, 11) is 0. The smallest absolute Gasteiger partial charge is 0.159 e. The third kappa shape index (κ3) is 3.69. The van der Waals surface area contributed by atoms with Crippen molar-refractivity contribution in [3.63, 3.8) is 0 Å². The monoisotopic (exact) mass is 442 g/mol. The number of nitrogens with one attached hydrogen (secondary N) is 1. The second-order valence-corrected chi connectivity index (χ2v) is 8.24. The van der Waals surface area contributed by atoms with Gasteiger partial charge in [0.05, 0.1) is 16.7 Å². The lowest BCUT2D eigenvalue weighted by atomic mass is 10.1. The van der Waals surface area contributed by atoms with Crippen molar-refractivity contribution in [3.05, 3.63) is 115 Å². The molecule has 4 nitrogen and oxygen atoms in total. The minimum atomic E-state index is 0.551. The summed E-state index contributed by atoms with van der Waals surface area (Å²) in [5.41, 5.74) is 7.01. The number of hydrogen-bond acceptors (Lipinski definition) is 1. The maximum atomic E-state index is 4.64. The van der Waals surface area contributed by atoms with E-state index in [9.17, 15) is 0 Å². The molecule has 0 aliphatic carbocycles. The zero-order valence-electron chi connectivity index (χ0n) is 19.4. The summed E-state index contributed by atoms with van der Waals surface area (Å²) in [4.78, 5) is 12.4. The highest BCUT2D eigenvalue weighted by Gasteiger charge is 2.12. The summed E-state index contributed by atoms with van der Waals surface area (Å²) in [5, 5.41) is 3.67. The van der Waals surface area contributed by atoms with Crippen molar-refractivity contribution >= 4 is 45.3 Å². The van der Waals surface area contributed by atoms with Crippen LogP contribution in [0.15, 0.2) is 119 Å². The van der Waals surface area contributed by atoms with Gasteiger partial charge in [-0.1, -0.05) is 61.2 Å². The molecule has 0 amide bonds. The van der Waals surface area contributed by atoms with Crippen molar-refractivity contribution in [2.45, 2.75) is 13.8 Å². The molecule has 0 radical (unpaired) electrons. The molecule has 0 aliphatic heterocycles. The standard InChI is InChI=1S/C30H26N4/c1-5-6-10-20(2)21(3)32-30(31-4)22-11-9-12-23(19-22)34-18-17-26-28(34)16-15-25-24-13-7-8-14-27(24)33-29(25)26/h5-19,33H,3-4H2,1-2H3/b6-5-,20-10+,32-30?. The fourth-order valence-corrected chi connectivity index (χ4v) is 4.30. The molecule has 1 N–H and O–H groups in total. The van der Waals surface area contributed by atoms with Crippen molar-refractivity contribution in [2.24, 2.45) is 9.98 Å². The summed E-state index contributed by atoms with van der Waals surface area (Å²) in [6.07, 6.45) is 8.04. The summed E-state index contributed by atoms with van der Waals surface area (Å²) >= 11 is 0. The van der Waals surface area contributed by atoms with Gasteiger partial charge in [0.25, 0.3) is 0 Å². The van der Waals surface area contributed by atoms with Crippen molar-refractivity contribution < 1.29 is 0 Å². The SMILES string of the molecule is C=NC(=NC(=C)/C(C)=C/C=C\C)c1cccc(-n2ccc3c4[nH]c5ccccc5c4ccc32)c1. The Labute approximate surface area is 199 Å². The van der Waals surface area contributed by atoms with Gasteiger partial charge >= 0.3 is 0 Å². The van der Waals surface area contributed by atoms with Crippen LogP contribution in [0, 0.1) is 0 Å². The molecule has 0 saturated heterocycles. The van der Waals surface area contributed by atoms with E-state index in [1.807, 2.05) is 44.2 Å². The van der Waals surface area contributed by atoms with Crippen molar-refractivity contribution in [1.29, 1.82) is 0 Å². The molecular formula is C30H26N4. The second kappa shape index (κ2) is 8.83. The van der Waals surface area contributed by atoms with Gasteiger partial charge in [-0.05, 0) is 56.5 Å². The van der Waals surface area contributed by atoms with Crippen LogP contribution in [0.3, 0.4) is 0 Å². The number of nitrogens with zero attached hydrogens (tertiary/aromatic N) is 3. The number of aromatic amines is 1. The Morgan fingerprint density at radius 3 is 2.65 bits per heavy atom. The minimum absolute atomic E-state index is 0.551. The van der Waals surface area contributed by atoms with Crippen LogP contribution in [0.4, 0.5) is 0 Å². The highest BCUT2D eigenvalue weighted by molar-refractivity contribution is 6.16. The number of fused-ring (bicyclic) bond motifs is 5. The number of aliphatic imine (C=N–C) groups is 2. The highest BCUT2D eigenvalue weighted by Crippen LogP contribution is 2.32. The lowest BCUT2D eigenvalue weighted by Gasteiger charge is -2.09. The minimum Gasteiger partial charge on any atom is -0.354 e. The van der Waals surface area contributed by atoms with Gasteiger partial charge in [0.2, 0.25) is 0 Å². The quantitative estimate of drug-likeness (QED) is 0.164. The van der Waals surface area contributed by atoms with E-state index in [1.165, 1.54) is 16.2 Å². The van der Waals surface area contributed by atoms with E-state index < -0.39 is 0 Å². The lowest BCUT2D eigenvalue weighted by Crippen LogP contribution is -2.00. The Balaban J connectivity index is 1.58. The summed E-state index contributed by atoms with van der Waals surface area (Å²) in [6, 6.07) is 23.1. The topological polar surface area (TPSA) is 45.4 Å². The Bertz CT molecular complexity index is 1650. The van der Waals surface area contributed by atoms with Crippen LogP contribution in [-0.4, -0.2) is 22.1 Å². The fourth-order valence-electron chi connectivity index (χ4n) is 4.30. The Morgan fingerprint density at radius 2 is 1.82 bits per heavy atom. The van der Waals surface area contributed by atoms with Gasteiger partial charge in [0, 0.05) is 39.1 Å². The summed E-state index contributed by atoms with van der Waals surface area (Å²) in [5.74, 6) is 0.551. The van der Waals surface area contributed by atoms with Crippen LogP contribution in [0.2, 0.25) is 0 Å². The van der Waals surface area contributed by atoms with E-state index in [0.717, 1.165) is 33.4 Å². The molecule has 0 spiro atoms. The number of rotatable bonds is 5. The van der Waals surface area contributed by atoms with E-state index in [4.69, 9.17) is 0 Å². The molecule has 166 valence electrons. The molecule has 5 rings (SSSR count). The van der Waals surface area contributed by atoms with Crippen LogP contribution in [-0.2, 0) is 0 Å². The molecule has 34 heavy (non-hydrogen) atoms. The van der Waals surface area contributed by atoms with E-state index in [1.54, 1.807) is 0 Å². The number of benzene rings is 3. The molecule has 0 atom stereocenters. The molecular weight excluding hydrogens is 416 g/mol. The van der Waals surface area contributed by atoms with Crippen molar-refractivity contribution in [2.75, 3.05) is 0 Å². The largest absolute Gasteiger partial charge is 0.354 e. The van der Waals surface area contributed by atoms with E-state index in [0.29, 0.717) is 11.5 Å². The average molecular weight is 443 g/mol. The fraction of sp³-hybridized carbons (Fsp3) is 0.0667. The first-order valence-corrected chi connectivity index (χ1v) is 11.3. The first-order chi connectivity index (χ1) is 16.6. The maximum absolute atomic E-state index is 4.64. The summed E-state index contributed by atoms with van der Waals surface area (Å²) < 4.78 is 2.19. The molecule has 0 unspecified atom stereocenters. The van der Waals surface area contributed by atoms with Crippen LogP contribution >= 0.6 is 0 Å². The van der Waals surface area contributed by atoms with Gasteiger partial charge < -0.3 is 9.55 Å². The number of allylic oxidation sites excluding steroid dienone is 4. The molecule has 4 heteroatoms. The molecule has 0 bridgehead atoms. The zero-order chi connectivity index (χ0) is 23.7. The van der Waals surface area contributed by atoms with Gasteiger partial charge in [-0.25, -0.2) is 9.98 Å². The molecule has 0 fully saturated rings. The van der Waals surface area contributed by atoms with Gasteiger partial charge in [0.15, 0.2) is 5.84 Å². The number of aromatic nitrogens is 2. The van der Waals surface area contributed by atoms with Crippen LogP contribution in [0.25, 0.3) is 38.4 Å². The summed E-state index contributed by atoms with van der Waals surface area (Å²) in [6.45, 7) is 11.8. The van der Waals surface area contributed by atoms with Crippen molar-refractivity contribution in [1.82, 2.24) is 9.55 Å². The number of amidine groups is 1. The molecule has 0 saturated carbocycles. The third-order valence-electron chi connectivity index (χ3n) is 6.12. The van der Waals surface area contributed by atoms with E-state index in [2.05, 4.69) is 93.6 Å². The third-order valence-corrected chi connectivity index (χ3v) is 6.12. The van der Waals surface area contributed by atoms with Crippen LogP contribution in [0.1, 0.15) is 19.4 Å². The average Bonchev–Trinajstić information content (AvgIpc) is 3.47. The normalized spacial score (nSPS) is 12.9. The lowest BCUT2D eigenvalue weighted by molar-refractivity contribution is 1.13. The molecule has 5 aromatic rings. The molecule has 2 heterocycles. The van der Waals surface area contributed by atoms with Gasteiger partial charge in [-0.2, -0.15) is 0 Å². The number of H-pyrrole nitrogens is 1. The number of hydrogen-bond donors (Lipinski definition) is 1. The van der Waals surface area contributed by atoms with Crippen molar-refractivity contribution in [3.8, 4) is 5.69 Å². The second-order valence-electron chi connectivity index (χ2n) is 8.24. The van der Waals surface area contributed by atoms with Gasteiger partial charge in [-0.3, -0.25) is 0 Å². The first-order valence-electron chi connectivity index (χ1n) is 11.3. The van der Waals surface area contributed by atoms with Gasteiger partial charge in [-0.15, -0.1) is 0 Å².